The monoisotopic (exact) mass is 278 g/mol. The highest BCUT2D eigenvalue weighted by Gasteiger charge is 2.18. The van der Waals surface area contributed by atoms with Gasteiger partial charge >= 0.3 is 5.97 Å². The van der Waals surface area contributed by atoms with Crippen LogP contribution in [-0.4, -0.2) is 39.3 Å². The fraction of sp³-hybridized carbons (Fsp3) is 0.538. The highest BCUT2D eigenvalue weighted by atomic mass is 16.4. The molecule has 0 fully saturated rings. The molecule has 0 bridgehead atoms. The first-order chi connectivity index (χ1) is 9.68. The van der Waals surface area contributed by atoms with Gasteiger partial charge in [-0.25, -0.2) is 4.98 Å². The topological polar surface area (TPSA) is 96.6 Å². The molecule has 0 unspecified atom stereocenters. The largest absolute Gasteiger partial charge is 0.481 e. The van der Waals surface area contributed by atoms with E-state index in [-0.39, 0.29) is 18.7 Å². The number of unbranched alkanes of at least 4 members (excludes halogenated alkanes) is 3. The fourth-order valence-corrected chi connectivity index (χ4v) is 2.13. The number of carbonyl (C=O) groups excluding carboxylic acids is 1. The van der Waals surface area contributed by atoms with Gasteiger partial charge < -0.3 is 15.0 Å². The molecule has 1 aliphatic heterocycles. The van der Waals surface area contributed by atoms with E-state index in [0.717, 1.165) is 25.8 Å². The second-order valence-corrected chi connectivity index (χ2v) is 4.73. The first kappa shape index (κ1) is 14.2. The summed E-state index contributed by atoms with van der Waals surface area (Å²) in [5.74, 6) is -0.129. The van der Waals surface area contributed by atoms with Crippen molar-refractivity contribution in [1.82, 2.24) is 9.55 Å². The molecule has 0 radical (unpaired) electrons. The SMILES string of the molecule is O=C(O)CCCCCCn1cnc2c1NC=NCC2=O. The van der Waals surface area contributed by atoms with Gasteiger partial charge in [-0.3, -0.25) is 14.6 Å². The van der Waals surface area contributed by atoms with Crippen molar-refractivity contribution < 1.29 is 14.7 Å². The molecule has 0 aromatic carbocycles. The molecule has 1 aliphatic rings. The number of aryl methyl sites for hydroxylation is 1. The van der Waals surface area contributed by atoms with Crippen LogP contribution in [0.4, 0.5) is 5.82 Å². The summed E-state index contributed by atoms with van der Waals surface area (Å²) in [5, 5.41) is 11.5. The van der Waals surface area contributed by atoms with Gasteiger partial charge in [0, 0.05) is 13.0 Å². The van der Waals surface area contributed by atoms with Gasteiger partial charge in [0.05, 0.1) is 12.7 Å². The first-order valence-electron chi connectivity index (χ1n) is 6.73. The van der Waals surface area contributed by atoms with Crippen LogP contribution in [0.1, 0.15) is 42.6 Å². The number of nitrogens with one attached hydrogen (secondary N) is 1. The molecule has 0 spiro atoms. The van der Waals surface area contributed by atoms with Crippen molar-refractivity contribution in [3.05, 3.63) is 12.0 Å². The number of ketones is 1. The van der Waals surface area contributed by atoms with E-state index in [0.29, 0.717) is 17.9 Å². The zero-order chi connectivity index (χ0) is 14.4. The third-order valence-electron chi connectivity index (χ3n) is 3.17. The standard InChI is InChI=1S/C13H18N4O3/c18-10-7-14-8-15-13-12(10)16-9-17(13)6-4-2-1-3-5-11(19)20/h8-9H,1-7H2,(H,14,15)(H,19,20). The lowest BCUT2D eigenvalue weighted by molar-refractivity contribution is -0.137. The van der Waals surface area contributed by atoms with E-state index in [1.54, 1.807) is 6.33 Å². The van der Waals surface area contributed by atoms with Gasteiger partial charge in [0.2, 0.25) is 5.78 Å². The van der Waals surface area contributed by atoms with Gasteiger partial charge in [0.25, 0.3) is 0 Å². The Hall–Kier alpha value is -2.18. The fourth-order valence-electron chi connectivity index (χ4n) is 2.13. The summed E-state index contributed by atoms with van der Waals surface area (Å²) < 4.78 is 1.90. The number of aliphatic carboxylic acids is 1. The molecule has 0 amide bonds. The number of Topliss-reactive ketones (excluding diaryl/α,β-unsaturated/α-hetero) is 1. The number of carbonyl (C=O) groups is 2. The molecular weight excluding hydrogens is 260 g/mol. The Bertz CT molecular complexity index is 522. The maximum atomic E-state index is 11.7. The van der Waals surface area contributed by atoms with Crippen molar-refractivity contribution >= 4 is 23.9 Å². The lowest BCUT2D eigenvalue weighted by atomic mass is 10.1. The number of hydrogen-bond acceptors (Lipinski definition) is 5. The maximum absolute atomic E-state index is 11.7. The van der Waals surface area contributed by atoms with Crippen molar-refractivity contribution in [1.29, 1.82) is 0 Å². The van der Waals surface area contributed by atoms with E-state index in [1.165, 1.54) is 6.34 Å². The van der Waals surface area contributed by atoms with Crippen molar-refractivity contribution in [3.63, 3.8) is 0 Å². The van der Waals surface area contributed by atoms with Crippen LogP contribution in [0.25, 0.3) is 0 Å². The van der Waals surface area contributed by atoms with Crippen LogP contribution < -0.4 is 5.32 Å². The van der Waals surface area contributed by atoms with Gasteiger partial charge in [-0.15, -0.1) is 0 Å². The number of rotatable bonds is 7. The van der Waals surface area contributed by atoms with Crippen LogP contribution in [0.2, 0.25) is 0 Å². The third-order valence-corrected chi connectivity index (χ3v) is 3.17. The Morgan fingerprint density at radius 1 is 1.35 bits per heavy atom. The lowest BCUT2D eigenvalue weighted by Gasteiger charge is -2.07. The van der Waals surface area contributed by atoms with E-state index in [4.69, 9.17) is 5.11 Å². The predicted molar refractivity (Wildman–Crippen MR) is 74.3 cm³/mol. The Morgan fingerprint density at radius 2 is 2.15 bits per heavy atom. The van der Waals surface area contributed by atoms with Gasteiger partial charge in [-0.2, -0.15) is 0 Å². The summed E-state index contributed by atoms with van der Waals surface area (Å²) in [4.78, 5) is 30.1. The van der Waals surface area contributed by atoms with Gasteiger partial charge in [0.1, 0.15) is 12.4 Å². The van der Waals surface area contributed by atoms with Gasteiger partial charge in [0.15, 0.2) is 5.69 Å². The summed E-state index contributed by atoms with van der Waals surface area (Å²) in [5.41, 5.74) is 0.438. The highest BCUT2D eigenvalue weighted by molar-refractivity contribution is 6.03. The predicted octanol–water partition coefficient (Wildman–Crippen LogP) is 1.55. The van der Waals surface area contributed by atoms with Gasteiger partial charge in [-0.1, -0.05) is 12.8 Å². The minimum Gasteiger partial charge on any atom is -0.481 e. The Labute approximate surface area is 116 Å². The van der Waals surface area contributed by atoms with Crippen LogP contribution in [-0.2, 0) is 11.3 Å². The summed E-state index contributed by atoms with van der Waals surface area (Å²) in [6.45, 7) is 0.885. The zero-order valence-corrected chi connectivity index (χ0v) is 11.2. The summed E-state index contributed by atoms with van der Waals surface area (Å²) >= 11 is 0. The van der Waals surface area contributed by atoms with Crippen molar-refractivity contribution in [2.24, 2.45) is 4.99 Å². The van der Waals surface area contributed by atoms with Crippen molar-refractivity contribution in [3.8, 4) is 0 Å². The Morgan fingerprint density at radius 3 is 2.95 bits per heavy atom. The number of aromatic nitrogens is 2. The number of carboxylic acids is 1. The lowest BCUT2D eigenvalue weighted by Crippen LogP contribution is -2.07. The van der Waals surface area contributed by atoms with E-state index in [2.05, 4.69) is 15.3 Å². The minimum absolute atomic E-state index is 0.0820. The molecule has 0 saturated carbocycles. The number of aliphatic imine (C=N–C) groups is 1. The highest BCUT2D eigenvalue weighted by Crippen LogP contribution is 2.17. The van der Waals surface area contributed by atoms with Crippen LogP contribution in [0.3, 0.4) is 0 Å². The first-order valence-corrected chi connectivity index (χ1v) is 6.73. The molecule has 2 heterocycles. The molecule has 0 saturated heterocycles. The van der Waals surface area contributed by atoms with E-state index < -0.39 is 5.97 Å². The minimum atomic E-state index is -0.744. The number of hydrogen-bond donors (Lipinski definition) is 2. The molecule has 1 aromatic rings. The molecule has 7 nitrogen and oxygen atoms in total. The van der Waals surface area contributed by atoms with Crippen LogP contribution in [0.15, 0.2) is 11.3 Å². The summed E-state index contributed by atoms with van der Waals surface area (Å²) in [6.07, 6.45) is 6.91. The quantitative estimate of drug-likeness (QED) is 0.738. The van der Waals surface area contributed by atoms with Gasteiger partial charge in [-0.05, 0) is 12.8 Å². The second-order valence-electron chi connectivity index (χ2n) is 4.73. The number of fused-ring (bicyclic) bond motifs is 1. The number of imidazole rings is 1. The molecule has 1 aromatic heterocycles. The molecule has 2 rings (SSSR count). The number of nitrogens with zero attached hydrogens (tertiary/aromatic N) is 3. The van der Waals surface area contributed by atoms with Crippen molar-refractivity contribution in [2.75, 3.05) is 11.9 Å². The molecule has 2 N–H and O–H groups in total. The molecule has 0 aliphatic carbocycles. The third kappa shape index (κ3) is 3.66. The molecule has 20 heavy (non-hydrogen) atoms. The smallest absolute Gasteiger partial charge is 0.303 e. The van der Waals surface area contributed by atoms with E-state index in [1.807, 2.05) is 4.57 Å². The number of anilines is 1. The molecule has 7 heteroatoms. The normalized spacial score (nSPS) is 13.7. The van der Waals surface area contributed by atoms with E-state index in [9.17, 15) is 9.59 Å². The van der Waals surface area contributed by atoms with Crippen LogP contribution in [0, 0.1) is 0 Å². The molecule has 0 atom stereocenters. The molecule has 108 valence electrons. The average Bonchev–Trinajstić information content (AvgIpc) is 2.72. The van der Waals surface area contributed by atoms with Crippen LogP contribution >= 0.6 is 0 Å². The molecular formula is C13H18N4O3. The van der Waals surface area contributed by atoms with Crippen molar-refractivity contribution in [2.45, 2.75) is 38.6 Å². The zero-order valence-electron chi connectivity index (χ0n) is 11.2. The second kappa shape index (κ2) is 6.83. The summed E-state index contributed by atoms with van der Waals surface area (Å²) in [6, 6.07) is 0. The summed E-state index contributed by atoms with van der Waals surface area (Å²) in [7, 11) is 0. The Balaban J connectivity index is 1.81. The Kier molecular flexibility index (Phi) is 4.86. The van der Waals surface area contributed by atoms with Crippen LogP contribution in [0.5, 0.6) is 0 Å². The van der Waals surface area contributed by atoms with E-state index >= 15 is 0 Å². The maximum Gasteiger partial charge on any atom is 0.303 e. The number of carboxylic acid groups (broad SMARTS) is 1. The average molecular weight is 278 g/mol.